The van der Waals surface area contributed by atoms with Crippen LogP contribution < -0.4 is 10.6 Å². The van der Waals surface area contributed by atoms with Gasteiger partial charge in [-0.2, -0.15) is 0 Å². The lowest BCUT2D eigenvalue weighted by molar-refractivity contribution is -0.125. The van der Waals surface area contributed by atoms with E-state index in [-0.39, 0.29) is 23.5 Å². The number of carbonyl (C=O) groups excluding carboxylic acids is 4. The SMILES string of the molecule is Cc1ccc(C(=O)C2CCN(C(=O)c3ccc([C@@]4(C(C)C)NC(=O)NC4=O)cc3)CC2)nc1. The van der Waals surface area contributed by atoms with Crippen LogP contribution in [0.15, 0.2) is 42.6 Å². The molecule has 4 amide bonds. The van der Waals surface area contributed by atoms with E-state index >= 15 is 0 Å². The molecule has 3 heterocycles. The molecule has 2 aliphatic heterocycles. The molecule has 1 aromatic carbocycles. The summed E-state index contributed by atoms with van der Waals surface area (Å²) < 4.78 is 0. The molecule has 0 radical (unpaired) electrons. The summed E-state index contributed by atoms with van der Waals surface area (Å²) in [7, 11) is 0. The van der Waals surface area contributed by atoms with E-state index in [4.69, 9.17) is 0 Å². The van der Waals surface area contributed by atoms with E-state index in [1.54, 1.807) is 41.4 Å². The van der Waals surface area contributed by atoms with Crippen molar-refractivity contribution in [2.45, 2.75) is 39.2 Å². The summed E-state index contributed by atoms with van der Waals surface area (Å²) >= 11 is 0. The Hall–Kier alpha value is -3.55. The number of piperidine rings is 1. The Morgan fingerprint density at radius 3 is 2.24 bits per heavy atom. The van der Waals surface area contributed by atoms with Crippen molar-refractivity contribution in [2.24, 2.45) is 11.8 Å². The Morgan fingerprint density at radius 2 is 1.73 bits per heavy atom. The van der Waals surface area contributed by atoms with E-state index in [0.717, 1.165) is 5.56 Å². The molecule has 0 aliphatic carbocycles. The van der Waals surface area contributed by atoms with Crippen LogP contribution in [0.1, 0.15) is 58.7 Å². The highest BCUT2D eigenvalue weighted by Crippen LogP contribution is 2.33. The highest BCUT2D eigenvalue weighted by atomic mass is 16.2. The number of carbonyl (C=O) groups is 4. The Bertz CT molecular complexity index is 1090. The molecular weight excluding hydrogens is 420 g/mol. The molecule has 4 rings (SSSR count). The van der Waals surface area contributed by atoms with Gasteiger partial charge < -0.3 is 10.2 Å². The number of nitrogens with one attached hydrogen (secondary N) is 2. The number of ketones is 1. The second kappa shape index (κ2) is 8.77. The number of pyridine rings is 1. The first-order valence-corrected chi connectivity index (χ1v) is 11.2. The van der Waals surface area contributed by atoms with Crippen LogP contribution >= 0.6 is 0 Å². The van der Waals surface area contributed by atoms with Gasteiger partial charge in [0.05, 0.1) is 0 Å². The zero-order valence-corrected chi connectivity index (χ0v) is 19.1. The quantitative estimate of drug-likeness (QED) is 0.540. The molecule has 0 saturated carbocycles. The van der Waals surface area contributed by atoms with E-state index < -0.39 is 17.5 Å². The minimum atomic E-state index is -1.15. The van der Waals surface area contributed by atoms with Gasteiger partial charge in [0.25, 0.3) is 11.8 Å². The topological polar surface area (TPSA) is 108 Å². The largest absolute Gasteiger partial charge is 0.339 e. The van der Waals surface area contributed by atoms with Crippen molar-refractivity contribution >= 4 is 23.6 Å². The van der Waals surface area contributed by atoms with E-state index in [2.05, 4.69) is 15.6 Å². The smallest absolute Gasteiger partial charge is 0.322 e. The molecule has 1 atom stereocenters. The number of likely N-dealkylation sites (tertiary alicyclic amines) is 1. The summed E-state index contributed by atoms with van der Waals surface area (Å²) in [5.41, 5.74) is 1.47. The number of urea groups is 1. The van der Waals surface area contributed by atoms with Gasteiger partial charge in [-0.05, 0) is 55.0 Å². The van der Waals surface area contributed by atoms with Gasteiger partial charge in [-0.1, -0.05) is 32.0 Å². The van der Waals surface area contributed by atoms with Gasteiger partial charge in [0.15, 0.2) is 5.78 Å². The fraction of sp³-hybridized carbons (Fsp3) is 0.400. The van der Waals surface area contributed by atoms with Crippen LogP contribution in [-0.4, -0.2) is 46.6 Å². The first kappa shape index (κ1) is 22.6. The molecule has 0 unspecified atom stereocenters. The minimum absolute atomic E-state index is 0.0299. The summed E-state index contributed by atoms with van der Waals surface area (Å²) in [5, 5.41) is 5.05. The average molecular weight is 449 g/mol. The van der Waals surface area contributed by atoms with Crippen molar-refractivity contribution in [3.8, 4) is 0 Å². The van der Waals surface area contributed by atoms with Crippen molar-refractivity contribution in [2.75, 3.05) is 13.1 Å². The zero-order chi connectivity index (χ0) is 23.8. The lowest BCUT2D eigenvalue weighted by Gasteiger charge is -2.32. The fourth-order valence-corrected chi connectivity index (χ4v) is 4.64. The third kappa shape index (κ3) is 4.13. The number of amides is 4. The molecule has 0 bridgehead atoms. The maximum Gasteiger partial charge on any atom is 0.322 e. The van der Waals surface area contributed by atoms with E-state index in [1.165, 1.54) is 0 Å². The molecule has 172 valence electrons. The second-order valence-corrected chi connectivity index (χ2v) is 9.10. The van der Waals surface area contributed by atoms with Gasteiger partial charge in [-0.3, -0.25) is 24.7 Å². The Balaban J connectivity index is 1.42. The maximum absolute atomic E-state index is 13.0. The molecule has 1 aromatic heterocycles. The number of aromatic nitrogens is 1. The molecule has 33 heavy (non-hydrogen) atoms. The van der Waals surface area contributed by atoms with E-state index in [9.17, 15) is 19.2 Å². The van der Waals surface area contributed by atoms with Crippen LogP contribution in [0.4, 0.5) is 4.79 Å². The number of hydrogen-bond donors (Lipinski definition) is 2. The van der Waals surface area contributed by atoms with Crippen molar-refractivity contribution in [3.63, 3.8) is 0 Å². The van der Waals surface area contributed by atoms with Gasteiger partial charge in [0, 0.05) is 30.8 Å². The molecule has 2 aromatic rings. The third-order valence-electron chi connectivity index (χ3n) is 6.67. The highest BCUT2D eigenvalue weighted by Gasteiger charge is 2.50. The van der Waals surface area contributed by atoms with Crippen LogP contribution in [0.3, 0.4) is 0 Å². The van der Waals surface area contributed by atoms with Crippen LogP contribution in [0.2, 0.25) is 0 Å². The predicted molar refractivity (Wildman–Crippen MR) is 122 cm³/mol. The Labute approximate surface area is 192 Å². The number of Topliss-reactive ketones (excluding diaryl/α,β-unsaturated/α-hetero) is 1. The van der Waals surface area contributed by atoms with Gasteiger partial charge in [0.2, 0.25) is 0 Å². The lowest BCUT2D eigenvalue weighted by atomic mass is 9.79. The predicted octanol–water partition coefficient (Wildman–Crippen LogP) is 2.82. The summed E-state index contributed by atoms with van der Waals surface area (Å²) in [6, 6.07) is 9.93. The number of benzene rings is 1. The molecule has 8 heteroatoms. The molecule has 8 nitrogen and oxygen atoms in total. The fourth-order valence-electron chi connectivity index (χ4n) is 4.64. The van der Waals surface area contributed by atoms with Crippen molar-refractivity contribution in [1.29, 1.82) is 0 Å². The number of rotatable bonds is 5. The average Bonchev–Trinajstić information content (AvgIpc) is 3.13. The summed E-state index contributed by atoms with van der Waals surface area (Å²) in [4.78, 5) is 56.0. The summed E-state index contributed by atoms with van der Waals surface area (Å²) in [6.07, 6.45) is 2.89. The molecule has 2 fully saturated rings. The highest BCUT2D eigenvalue weighted by molar-refractivity contribution is 6.07. The normalized spacial score (nSPS) is 21.2. The molecule has 2 aliphatic rings. The van der Waals surface area contributed by atoms with Gasteiger partial charge in [-0.25, -0.2) is 4.79 Å². The van der Waals surface area contributed by atoms with Crippen LogP contribution in [0, 0.1) is 18.8 Å². The third-order valence-corrected chi connectivity index (χ3v) is 6.67. The maximum atomic E-state index is 13.0. The van der Waals surface area contributed by atoms with E-state index in [1.807, 2.05) is 26.8 Å². The number of hydrogen-bond acceptors (Lipinski definition) is 5. The summed E-state index contributed by atoms with van der Waals surface area (Å²) in [5.74, 6) is -0.787. The van der Waals surface area contributed by atoms with Crippen molar-refractivity contribution in [3.05, 3.63) is 65.0 Å². The van der Waals surface area contributed by atoms with Gasteiger partial charge in [-0.15, -0.1) is 0 Å². The van der Waals surface area contributed by atoms with Crippen LogP contribution in [0.25, 0.3) is 0 Å². The molecule has 0 spiro atoms. The monoisotopic (exact) mass is 448 g/mol. The number of aryl methyl sites for hydroxylation is 1. The lowest BCUT2D eigenvalue weighted by Crippen LogP contribution is -2.48. The van der Waals surface area contributed by atoms with Gasteiger partial charge in [0.1, 0.15) is 11.2 Å². The minimum Gasteiger partial charge on any atom is -0.339 e. The zero-order valence-electron chi connectivity index (χ0n) is 19.1. The number of nitrogens with zero attached hydrogens (tertiary/aromatic N) is 2. The van der Waals surface area contributed by atoms with Crippen molar-refractivity contribution < 1.29 is 19.2 Å². The van der Waals surface area contributed by atoms with E-state index in [0.29, 0.717) is 42.8 Å². The first-order chi connectivity index (χ1) is 15.7. The molecule has 2 saturated heterocycles. The Morgan fingerprint density at radius 1 is 1.06 bits per heavy atom. The standard InChI is InChI=1S/C25H28N4O4/c1-15(2)25(23(32)27-24(33)28-25)19-7-5-18(6-8-19)22(31)29-12-10-17(11-13-29)21(30)20-9-4-16(3)14-26-20/h4-9,14-15,17H,10-13H2,1-3H3,(H2,27,28,32,33)/t25-/m1/s1. The number of imide groups is 1. The van der Waals surface area contributed by atoms with Crippen LogP contribution in [0.5, 0.6) is 0 Å². The first-order valence-electron chi connectivity index (χ1n) is 11.2. The van der Waals surface area contributed by atoms with Gasteiger partial charge >= 0.3 is 6.03 Å². The second-order valence-electron chi connectivity index (χ2n) is 9.10. The molecule has 2 N–H and O–H groups in total. The van der Waals surface area contributed by atoms with Crippen LogP contribution in [-0.2, 0) is 10.3 Å². The summed E-state index contributed by atoms with van der Waals surface area (Å²) in [6.45, 7) is 6.65. The van der Waals surface area contributed by atoms with Crippen molar-refractivity contribution in [1.82, 2.24) is 20.5 Å². The molecular formula is C25H28N4O4. The Kier molecular flexibility index (Phi) is 6.01.